The minimum absolute atomic E-state index is 0.0651. The molecule has 2 heterocycles. The number of nitrogens with zero attached hydrogens (tertiary/aromatic N) is 5. The fourth-order valence-corrected chi connectivity index (χ4v) is 3.43. The molecule has 3 rings (SSSR count). The number of urea groups is 1. The zero-order valence-corrected chi connectivity index (χ0v) is 17.5. The van der Waals surface area contributed by atoms with Crippen molar-refractivity contribution in [2.45, 2.75) is 50.7 Å². The number of aromatic nitrogens is 4. The largest absolute Gasteiger partial charge is 0.344 e. The molecule has 1 aliphatic rings. The van der Waals surface area contributed by atoms with Crippen LogP contribution >= 0.6 is 11.8 Å². The number of hydrogen-bond acceptors (Lipinski definition) is 7. The Hall–Kier alpha value is -2.95. The van der Waals surface area contributed by atoms with Crippen LogP contribution in [0, 0.1) is 0 Å². The molecule has 1 atom stereocenters. The number of hydrogen-bond donors (Lipinski definition) is 2. The van der Waals surface area contributed by atoms with Crippen LogP contribution in [0.15, 0.2) is 29.4 Å². The molecule has 4 amide bonds. The van der Waals surface area contributed by atoms with Crippen LogP contribution in [0.5, 0.6) is 0 Å². The van der Waals surface area contributed by atoms with Crippen LogP contribution in [0.3, 0.4) is 0 Å². The van der Waals surface area contributed by atoms with E-state index in [1.807, 2.05) is 24.3 Å². The van der Waals surface area contributed by atoms with Crippen LogP contribution in [0.2, 0.25) is 0 Å². The second-order valence-electron chi connectivity index (χ2n) is 7.20. The van der Waals surface area contributed by atoms with Crippen LogP contribution in [0.1, 0.15) is 45.6 Å². The number of carbonyl (C=O) groups excluding carboxylic acids is 3. The van der Waals surface area contributed by atoms with E-state index in [9.17, 15) is 14.4 Å². The van der Waals surface area contributed by atoms with E-state index in [4.69, 9.17) is 0 Å². The van der Waals surface area contributed by atoms with Gasteiger partial charge in [0.2, 0.25) is 11.1 Å². The average molecular weight is 417 g/mol. The van der Waals surface area contributed by atoms with Crippen molar-refractivity contribution in [3.8, 4) is 5.69 Å². The minimum Gasteiger partial charge on any atom is -0.322 e. The van der Waals surface area contributed by atoms with Gasteiger partial charge in [0.1, 0.15) is 5.54 Å². The summed E-state index contributed by atoms with van der Waals surface area (Å²) in [5.74, 6) is -0.651. The maximum absolute atomic E-state index is 12.3. The zero-order valence-electron chi connectivity index (χ0n) is 16.7. The Labute approximate surface area is 172 Å². The van der Waals surface area contributed by atoms with Crippen molar-refractivity contribution >= 4 is 29.6 Å². The molecule has 0 radical (unpaired) electrons. The van der Waals surface area contributed by atoms with Crippen molar-refractivity contribution in [1.29, 1.82) is 0 Å². The van der Waals surface area contributed by atoms with Crippen LogP contribution in [0.25, 0.3) is 5.69 Å². The third kappa shape index (κ3) is 4.24. The van der Waals surface area contributed by atoms with Gasteiger partial charge in [-0.15, -0.1) is 5.10 Å². The molecule has 0 aliphatic carbocycles. The van der Waals surface area contributed by atoms with Crippen LogP contribution in [-0.2, 0) is 9.59 Å². The van der Waals surface area contributed by atoms with Crippen molar-refractivity contribution < 1.29 is 14.4 Å². The third-order valence-corrected chi connectivity index (χ3v) is 5.70. The van der Waals surface area contributed by atoms with Gasteiger partial charge in [-0.3, -0.25) is 15.0 Å². The second-order valence-corrected chi connectivity index (χ2v) is 8.14. The molecule has 11 heteroatoms. The first-order valence-corrected chi connectivity index (χ1v) is 10.2. The van der Waals surface area contributed by atoms with Gasteiger partial charge in [-0.25, -0.2) is 4.79 Å². The first-order chi connectivity index (χ1) is 13.7. The van der Waals surface area contributed by atoms with Gasteiger partial charge in [-0.05, 0) is 47.4 Å². The SMILES string of the molecule is CCC1(C)NC(=O)N(NC(=O)CSc2nnnn2-c2ccc(C(C)C)cc2)C1=O. The number of benzene rings is 1. The maximum Gasteiger partial charge on any atom is 0.344 e. The van der Waals surface area contributed by atoms with E-state index in [1.165, 1.54) is 10.2 Å². The Balaban J connectivity index is 1.63. The van der Waals surface area contributed by atoms with E-state index in [2.05, 4.69) is 40.1 Å². The number of tetrazole rings is 1. The van der Waals surface area contributed by atoms with Gasteiger partial charge >= 0.3 is 6.03 Å². The molecule has 0 bridgehead atoms. The molecule has 0 saturated carbocycles. The summed E-state index contributed by atoms with van der Waals surface area (Å²) in [6.45, 7) is 7.63. The summed E-state index contributed by atoms with van der Waals surface area (Å²) in [6.07, 6.45) is 0.420. The van der Waals surface area contributed by atoms with E-state index in [0.29, 0.717) is 17.5 Å². The fraction of sp³-hybridized carbons (Fsp3) is 0.444. The smallest absolute Gasteiger partial charge is 0.322 e. The number of hydrazine groups is 1. The summed E-state index contributed by atoms with van der Waals surface area (Å²) < 4.78 is 1.53. The molecular weight excluding hydrogens is 394 g/mol. The molecule has 2 N–H and O–H groups in total. The predicted octanol–water partition coefficient (Wildman–Crippen LogP) is 1.63. The molecule has 10 nitrogen and oxygen atoms in total. The monoisotopic (exact) mass is 417 g/mol. The lowest BCUT2D eigenvalue weighted by atomic mass is 10.00. The number of amides is 4. The Morgan fingerprint density at radius 3 is 2.55 bits per heavy atom. The number of nitrogens with one attached hydrogen (secondary N) is 2. The normalized spacial score (nSPS) is 19.0. The number of rotatable bonds is 7. The van der Waals surface area contributed by atoms with Gasteiger partial charge in [0.25, 0.3) is 5.91 Å². The van der Waals surface area contributed by atoms with E-state index >= 15 is 0 Å². The topological polar surface area (TPSA) is 122 Å². The highest BCUT2D eigenvalue weighted by Crippen LogP contribution is 2.22. The quantitative estimate of drug-likeness (QED) is 0.518. The first kappa shape index (κ1) is 20.8. The lowest BCUT2D eigenvalue weighted by Gasteiger charge is -2.19. The Bertz CT molecular complexity index is 928. The van der Waals surface area contributed by atoms with E-state index in [1.54, 1.807) is 13.8 Å². The summed E-state index contributed by atoms with van der Waals surface area (Å²) in [4.78, 5) is 36.6. The molecule has 1 aromatic carbocycles. The molecule has 0 spiro atoms. The molecule has 154 valence electrons. The van der Waals surface area contributed by atoms with Gasteiger partial charge in [0.15, 0.2) is 0 Å². The highest BCUT2D eigenvalue weighted by Gasteiger charge is 2.47. The number of carbonyl (C=O) groups is 3. The van der Waals surface area contributed by atoms with Crippen molar-refractivity contribution in [2.24, 2.45) is 0 Å². The summed E-state index contributed by atoms with van der Waals surface area (Å²) in [5.41, 5.74) is 3.30. The molecule has 1 aromatic heterocycles. The average Bonchev–Trinajstić information content (AvgIpc) is 3.25. The van der Waals surface area contributed by atoms with Crippen molar-refractivity contribution in [2.75, 3.05) is 5.75 Å². The molecule has 1 saturated heterocycles. The zero-order chi connectivity index (χ0) is 21.2. The number of thioether (sulfide) groups is 1. The summed E-state index contributed by atoms with van der Waals surface area (Å²) in [6, 6.07) is 7.19. The van der Waals surface area contributed by atoms with Crippen molar-refractivity contribution in [3.63, 3.8) is 0 Å². The molecule has 1 aliphatic heterocycles. The minimum atomic E-state index is -1.01. The summed E-state index contributed by atoms with van der Waals surface area (Å²) in [7, 11) is 0. The molecule has 29 heavy (non-hydrogen) atoms. The molecular formula is C18H23N7O3S. The highest BCUT2D eigenvalue weighted by atomic mass is 32.2. The Morgan fingerprint density at radius 1 is 1.28 bits per heavy atom. The second kappa shape index (κ2) is 8.19. The molecule has 2 aromatic rings. The van der Waals surface area contributed by atoms with Crippen LogP contribution in [0.4, 0.5) is 4.79 Å². The van der Waals surface area contributed by atoms with Gasteiger partial charge in [-0.2, -0.15) is 9.69 Å². The first-order valence-electron chi connectivity index (χ1n) is 9.23. The van der Waals surface area contributed by atoms with Crippen LogP contribution < -0.4 is 10.7 Å². The third-order valence-electron chi connectivity index (χ3n) is 4.78. The standard InChI is InChI=1S/C18H23N7O3S/c1-5-18(4)15(27)25(16(28)19-18)21-14(26)10-29-17-20-22-23-24(17)13-8-6-12(7-9-13)11(2)3/h6-9,11H,5,10H2,1-4H3,(H,19,28)(H,21,26). The van der Waals surface area contributed by atoms with E-state index in [0.717, 1.165) is 22.5 Å². The lowest BCUT2D eigenvalue weighted by molar-refractivity contribution is -0.137. The summed E-state index contributed by atoms with van der Waals surface area (Å²) >= 11 is 1.10. The van der Waals surface area contributed by atoms with Gasteiger partial charge in [0.05, 0.1) is 11.4 Å². The molecule has 1 fully saturated rings. The van der Waals surface area contributed by atoms with Gasteiger partial charge < -0.3 is 5.32 Å². The Morgan fingerprint density at radius 2 is 1.97 bits per heavy atom. The summed E-state index contributed by atoms with van der Waals surface area (Å²) in [5, 5.41) is 15.3. The van der Waals surface area contributed by atoms with Crippen molar-refractivity contribution in [3.05, 3.63) is 29.8 Å². The lowest BCUT2D eigenvalue weighted by Crippen LogP contribution is -2.49. The van der Waals surface area contributed by atoms with Crippen molar-refractivity contribution in [1.82, 2.24) is 36.0 Å². The van der Waals surface area contributed by atoms with Gasteiger partial charge in [-0.1, -0.05) is 44.7 Å². The fourth-order valence-electron chi connectivity index (χ4n) is 2.74. The van der Waals surface area contributed by atoms with Crippen LogP contribution in [-0.4, -0.2) is 54.4 Å². The number of imide groups is 1. The maximum atomic E-state index is 12.3. The van der Waals surface area contributed by atoms with E-state index < -0.39 is 23.4 Å². The van der Waals surface area contributed by atoms with E-state index in [-0.39, 0.29) is 5.75 Å². The van der Waals surface area contributed by atoms with Gasteiger partial charge in [0, 0.05) is 0 Å². The highest BCUT2D eigenvalue weighted by molar-refractivity contribution is 7.99. The Kier molecular flexibility index (Phi) is 5.87. The predicted molar refractivity (Wildman–Crippen MR) is 106 cm³/mol. The molecule has 1 unspecified atom stereocenters.